The van der Waals surface area contributed by atoms with Gasteiger partial charge in [0.1, 0.15) is 6.04 Å². The average molecular weight is 571 g/mol. The average Bonchev–Trinajstić information content (AvgIpc) is 3.38. The largest absolute Gasteiger partial charge is 0.490 e. The van der Waals surface area contributed by atoms with Crippen LogP contribution in [-0.2, 0) is 20.9 Å². The number of benzene rings is 3. The van der Waals surface area contributed by atoms with Crippen molar-refractivity contribution in [1.29, 1.82) is 0 Å². The first kappa shape index (κ1) is 28.4. The summed E-state index contributed by atoms with van der Waals surface area (Å²) in [6.45, 7) is -1.02. The Balaban J connectivity index is 1.56. The topological polar surface area (TPSA) is 140 Å². The molecule has 4 N–H and O–H groups in total. The summed E-state index contributed by atoms with van der Waals surface area (Å²) < 4.78 is 41.9. The van der Waals surface area contributed by atoms with E-state index in [2.05, 4.69) is 20.4 Å². The van der Waals surface area contributed by atoms with Crippen LogP contribution in [0, 0.1) is 0 Å². The monoisotopic (exact) mass is 570 g/mol. The summed E-state index contributed by atoms with van der Waals surface area (Å²) in [5.74, 6) is -4.62. The van der Waals surface area contributed by atoms with Crippen LogP contribution in [0.5, 0.6) is 0 Å². The Morgan fingerprint density at radius 2 is 1.68 bits per heavy atom. The zero-order valence-electron chi connectivity index (χ0n) is 20.5. The summed E-state index contributed by atoms with van der Waals surface area (Å²) in [5, 5.41) is 5.10. The van der Waals surface area contributed by atoms with Crippen molar-refractivity contribution in [2.24, 2.45) is 5.73 Å². The first-order chi connectivity index (χ1) is 19.0. The van der Waals surface area contributed by atoms with E-state index in [0.29, 0.717) is 27.0 Å². The van der Waals surface area contributed by atoms with E-state index in [4.69, 9.17) is 5.73 Å². The smallest absolute Gasteiger partial charge is 0.449 e. The fourth-order valence-electron chi connectivity index (χ4n) is 3.59. The molecule has 1 unspecified atom stereocenters. The lowest BCUT2D eigenvalue weighted by Crippen LogP contribution is -2.38. The zero-order valence-corrected chi connectivity index (χ0v) is 21.3. The van der Waals surface area contributed by atoms with Gasteiger partial charge in [-0.2, -0.15) is 13.2 Å². The van der Waals surface area contributed by atoms with Gasteiger partial charge in [0.2, 0.25) is 5.78 Å². The number of halogens is 3. The number of nitrogens with zero attached hydrogens (tertiary/aromatic N) is 1. The van der Waals surface area contributed by atoms with Crippen LogP contribution in [0.2, 0.25) is 0 Å². The SMILES string of the molecule is NCc1ccc(C(NC(=O)COC(=O)C(F)(F)F)C(=O)c2nc3ccc(NC(=O)c4ccccc4)cc3s2)cc1. The standard InChI is InChI=1S/C27H21F3N4O5S/c28-27(29,30)26(38)39-14-21(35)34-22(16-8-6-15(13-31)7-9-16)23(36)25-33-19-11-10-18(12-20(19)40-25)32-24(37)17-4-2-1-3-5-17/h1-12,22H,13-14,31H2,(H,32,37)(H,34,35). The third kappa shape index (κ3) is 6.87. The Morgan fingerprint density at radius 1 is 0.975 bits per heavy atom. The van der Waals surface area contributed by atoms with Crippen molar-refractivity contribution in [3.05, 3.63) is 94.5 Å². The maximum Gasteiger partial charge on any atom is 0.490 e. The molecule has 13 heteroatoms. The minimum atomic E-state index is -5.27. The van der Waals surface area contributed by atoms with Gasteiger partial charge in [-0.25, -0.2) is 9.78 Å². The van der Waals surface area contributed by atoms with Crippen molar-refractivity contribution in [2.45, 2.75) is 18.8 Å². The predicted octanol–water partition coefficient (Wildman–Crippen LogP) is 4.15. The van der Waals surface area contributed by atoms with Gasteiger partial charge in [-0.15, -0.1) is 11.3 Å². The molecule has 1 atom stereocenters. The van der Waals surface area contributed by atoms with E-state index < -0.39 is 36.5 Å². The zero-order chi connectivity index (χ0) is 28.9. The molecule has 0 aliphatic heterocycles. The third-order valence-electron chi connectivity index (χ3n) is 5.58. The number of rotatable bonds is 9. The second-order valence-electron chi connectivity index (χ2n) is 8.41. The van der Waals surface area contributed by atoms with Crippen LogP contribution in [0.15, 0.2) is 72.8 Å². The van der Waals surface area contributed by atoms with E-state index >= 15 is 0 Å². The molecule has 3 aromatic carbocycles. The Labute approximate surface area is 229 Å². The fourth-order valence-corrected chi connectivity index (χ4v) is 4.56. The summed E-state index contributed by atoms with van der Waals surface area (Å²) >= 11 is 1.00. The van der Waals surface area contributed by atoms with E-state index in [1.807, 2.05) is 0 Å². The molecule has 206 valence electrons. The first-order valence-electron chi connectivity index (χ1n) is 11.7. The normalized spacial score (nSPS) is 12.0. The van der Waals surface area contributed by atoms with Gasteiger partial charge in [0.15, 0.2) is 11.6 Å². The van der Waals surface area contributed by atoms with Gasteiger partial charge in [0, 0.05) is 17.8 Å². The second kappa shape index (κ2) is 12.1. The molecular weight excluding hydrogens is 549 g/mol. The molecule has 2 amide bonds. The highest BCUT2D eigenvalue weighted by molar-refractivity contribution is 7.20. The Hall–Kier alpha value is -4.62. The first-order valence-corrected chi connectivity index (χ1v) is 12.5. The maximum atomic E-state index is 13.5. The number of fused-ring (bicyclic) bond motifs is 1. The van der Waals surface area contributed by atoms with Crippen molar-refractivity contribution in [3.63, 3.8) is 0 Å². The Kier molecular flexibility index (Phi) is 8.55. The van der Waals surface area contributed by atoms with Crippen molar-refractivity contribution < 1.29 is 37.1 Å². The highest BCUT2D eigenvalue weighted by atomic mass is 32.1. The summed E-state index contributed by atoms with van der Waals surface area (Å²) in [7, 11) is 0. The van der Waals surface area contributed by atoms with Crippen LogP contribution >= 0.6 is 11.3 Å². The molecule has 0 spiro atoms. The number of thiazole rings is 1. The van der Waals surface area contributed by atoms with Gasteiger partial charge in [-0.1, -0.05) is 42.5 Å². The molecular formula is C27H21F3N4O5S. The molecule has 4 aromatic rings. The van der Waals surface area contributed by atoms with E-state index in [-0.39, 0.29) is 17.5 Å². The molecule has 1 heterocycles. The molecule has 4 rings (SSSR count). The van der Waals surface area contributed by atoms with E-state index in [9.17, 15) is 32.3 Å². The van der Waals surface area contributed by atoms with Gasteiger partial charge in [-0.3, -0.25) is 14.4 Å². The predicted molar refractivity (Wildman–Crippen MR) is 141 cm³/mol. The number of Topliss-reactive ketones (excluding diaryl/α,β-unsaturated/α-hetero) is 1. The van der Waals surface area contributed by atoms with Crippen LogP contribution in [0.1, 0.15) is 37.3 Å². The number of nitrogens with two attached hydrogens (primary N) is 1. The molecule has 0 bridgehead atoms. The Bertz CT molecular complexity index is 1560. The second-order valence-corrected chi connectivity index (χ2v) is 9.44. The number of carbonyl (C=O) groups excluding carboxylic acids is 4. The number of alkyl halides is 3. The summed E-state index contributed by atoms with van der Waals surface area (Å²) in [6, 6.07) is 18.5. The molecule has 0 aliphatic rings. The number of nitrogens with one attached hydrogen (secondary N) is 2. The van der Waals surface area contributed by atoms with Crippen molar-refractivity contribution in [3.8, 4) is 0 Å². The summed E-state index contributed by atoms with van der Waals surface area (Å²) in [4.78, 5) is 53.7. The summed E-state index contributed by atoms with van der Waals surface area (Å²) in [6.07, 6.45) is -5.27. The Morgan fingerprint density at radius 3 is 2.33 bits per heavy atom. The number of aromatic nitrogens is 1. The van der Waals surface area contributed by atoms with E-state index in [1.165, 1.54) is 12.1 Å². The minimum Gasteiger partial charge on any atom is -0.449 e. The lowest BCUT2D eigenvalue weighted by molar-refractivity contribution is -0.200. The third-order valence-corrected chi connectivity index (χ3v) is 6.61. The van der Waals surface area contributed by atoms with Gasteiger partial charge in [0.25, 0.3) is 11.8 Å². The van der Waals surface area contributed by atoms with Crippen LogP contribution < -0.4 is 16.4 Å². The number of amides is 2. The van der Waals surface area contributed by atoms with Crippen molar-refractivity contribution in [2.75, 3.05) is 11.9 Å². The molecule has 0 fully saturated rings. The highest BCUT2D eigenvalue weighted by Gasteiger charge is 2.41. The van der Waals surface area contributed by atoms with Gasteiger partial charge < -0.3 is 21.1 Å². The highest BCUT2D eigenvalue weighted by Crippen LogP contribution is 2.29. The van der Waals surface area contributed by atoms with Crippen molar-refractivity contribution in [1.82, 2.24) is 10.3 Å². The van der Waals surface area contributed by atoms with E-state index in [1.54, 1.807) is 60.7 Å². The lowest BCUT2D eigenvalue weighted by atomic mass is 10.0. The van der Waals surface area contributed by atoms with Crippen LogP contribution in [-0.4, -0.2) is 41.3 Å². The number of esters is 1. The fraction of sp³-hybridized carbons (Fsp3) is 0.148. The van der Waals surface area contributed by atoms with Crippen LogP contribution in [0.3, 0.4) is 0 Å². The number of ketones is 1. The van der Waals surface area contributed by atoms with Crippen molar-refractivity contribution >= 4 is 50.8 Å². The maximum absolute atomic E-state index is 13.5. The number of anilines is 1. The minimum absolute atomic E-state index is 0.00187. The number of ether oxygens (including phenoxy) is 1. The van der Waals surface area contributed by atoms with Crippen LogP contribution in [0.25, 0.3) is 10.2 Å². The van der Waals surface area contributed by atoms with Crippen LogP contribution in [0.4, 0.5) is 18.9 Å². The van der Waals surface area contributed by atoms with E-state index in [0.717, 1.165) is 16.9 Å². The quantitative estimate of drug-likeness (QED) is 0.203. The molecule has 0 saturated heterocycles. The molecule has 0 aliphatic carbocycles. The molecule has 0 radical (unpaired) electrons. The number of hydrogen-bond donors (Lipinski definition) is 3. The summed E-state index contributed by atoms with van der Waals surface area (Å²) in [5.41, 5.74) is 8.05. The number of carbonyl (C=O) groups is 4. The molecule has 1 aromatic heterocycles. The molecule has 0 saturated carbocycles. The van der Waals surface area contributed by atoms with Gasteiger partial charge in [0.05, 0.1) is 10.2 Å². The molecule has 40 heavy (non-hydrogen) atoms. The van der Waals surface area contributed by atoms with Gasteiger partial charge >= 0.3 is 12.1 Å². The van der Waals surface area contributed by atoms with Gasteiger partial charge in [-0.05, 0) is 41.5 Å². The number of hydrogen-bond acceptors (Lipinski definition) is 8. The molecule has 9 nitrogen and oxygen atoms in total. The lowest BCUT2D eigenvalue weighted by Gasteiger charge is -2.17.